The maximum Gasteiger partial charge on any atom is 0.303 e. The average Bonchev–Trinajstić information content (AvgIpc) is 3.00. The van der Waals surface area contributed by atoms with Gasteiger partial charge >= 0.3 is 5.97 Å². The number of rotatable bonds is 4. The second-order valence-electron chi connectivity index (χ2n) is 5.22. The van der Waals surface area contributed by atoms with Crippen LogP contribution < -0.4 is 0 Å². The van der Waals surface area contributed by atoms with Gasteiger partial charge in [0.25, 0.3) is 5.91 Å². The molecule has 7 heteroatoms. The zero-order chi connectivity index (χ0) is 15.5. The minimum atomic E-state index is -0.867. The first-order valence-corrected chi connectivity index (χ1v) is 7.11. The number of carboxylic acid groups (broad SMARTS) is 1. The molecule has 114 valence electrons. The lowest BCUT2D eigenvalue weighted by Crippen LogP contribution is -2.38. The predicted molar refractivity (Wildman–Crippen MR) is 77.2 cm³/mol. The Balaban J connectivity index is 1.79. The molecular formula is C15H16N4O3. The summed E-state index contributed by atoms with van der Waals surface area (Å²) >= 11 is 0. The standard InChI is InChI=1S/C15H16N4O3/c20-14(21)6-5-11-3-1-2-4-12(11)15(22)18-7-8-19-10-16-17-13(19)9-18/h1-4,10H,5-9H2,(H,20,21). The molecule has 22 heavy (non-hydrogen) atoms. The summed E-state index contributed by atoms with van der Waals surface area (Å²) in [5.74, 6) is -0.189. The number of carboxylic acids is 1. The van der Waals surface area contributed by atoms with Crippen molar-refractivity contribution in [3.8, 4) is 0 Å². The van der Waals surface area contributed by atoms with Gasteiger partial charge < -0.3 is 14.6 Å². The molecule has 2 heterocycles. The van der Waals surface area contributed by atoms with Gasteiger partial charge in [-0.3, -0.25) is 9.59 Å². The van der Waals surface area contributed by atoms with Crippen molar-refractivity contribution in [2.24, 2.45) is 0 Å². The number of aromatic nitrogens is 3. The summed E-state index contributed by atoms with van der Waals surface area (Å²) in [7, 11) is 0. The van der Waals surface area contributed by atoms with Gasteiger partial charge in [-0.2, -0.15) is 0 Å². The van der Waals surface area contributed by atoms with E-state index >= 15 is 0 Å². The van der Waals surface area contributed by atoms with E-state index < -0.39 is 5.97 Å². The maximum atomic E-state index is 12.7. The zero-order valence-corrected chi connectivity index (χ0v) is 12.0. The Morgan fingerprint density at radius 2 is 2.05 bits per heavy atom. The predicted octanol–water partition coefficient (Wildman–Crippen LogP) is 0.951. The summed E-state index contributed by atoms with van der Waals surface area (Å²) in [5.41, 5.74) is 1.33. The number of nitrogens with zero attached hydrogens (tertiary/aromatic N) is 4. The van der Waals surface area contributed by atoms with Crippen LogP contribution in [0.1, 0.15) is 28.2 Å². The van der Waals surface area contributed by atoms with E-state index in [0.29, 0.717) is 31.6 Å². The van der Waals surface area contributed by atoms with Gasteiger partial charge in [0.15, 0.2) is 5.82 Å². The Labute approximate surface area is 127 Å². The Kier molecular flexibility index (Phi) is 3.86. The fraction of sp³-hybridized carbons (Fsp3) is 0.333. The summed E-state index contributed by atoms with van der Waals surface area (Å²) in [6.45, 7) is 1.69. The first kappa shape index (κ1) is 14.2. The van der Waals surface area contributed by atoms with Crippen LogP contribution in [0, 0.1) is 0 Å². The lowest BCUT2D eigenvalue weighted by Gasteiger charge is -2.27. The highest BCUT2D eigenvalue weighted by Crippen LogP contribution is 2.17. The lowest BCUT2D eigenvalue weighted by atomic mass is 10.0. The van der Waals surface area contributed by atoms with E-state index in [0.717, 1.165) is 11.4 Å². The van der Waals surface area contributed by atoms with Crippen molar-refractivity contribution in [1.29, 1.82) is 0 Å². The number of fused-ring (bicyclic) bond motifs is 1. The van der Waals surface area contributed by atoms with Crippen LogP contribution in [0.25, 0.3) is 0 Å². The second kappa shape index (κ2) is 5.97. The Bertz CT molecular complexity index is 710. The van der Waals surface area contributed by atoms with Crippen molar-refractivity contribution in [2.45, 2.75) is 25.9 Å². The van der Waals surface area contributed by atoms with Crippen LogP contribution in [0.15, 0.2) is 30.6 Å². The smallest absolute Gasteiger partial charge is 0.303 e. The highest BCUT2D eigenvalue weighted by molar-refractivity contribution is 5.95. The molecule has 0 saturated heterocycles. The normalized spacial score (nSPS) is 13.7. The van der Waals surface area contributed by atoms with Gasteiger partial charge in [0.05, 0.1) is 6.54 Å². The molecule has 0 radical (unpaired) electrons. The quantitative estimate of drug-likeness (QED) is 0.908. The van der Waals surface area contributed by atoms with E-state index in [2.05, 4.69) is 10.2 Å². The molecule has 0 aliphatic carbocycles. The Hall–Kier alpha value is -2.70. The van der Waals surface area contributed by atoms with Gasteiger partial charge in [-0.15, -0.1) is 10.2 Å². The zero-order valence-electron chi connectivity index (χ0n) is 12.0. The van der Waals surface area contributed by atoms with Gasteiger partial charge in [-0.05, 0) is 18.1 Å². The molecule has 1 N–H and O–H groups in total. The fourth-order valence-corrected chi connectivity index (χ4v) is 2.60. The molecule has 1 aliphatic heterocycles. The Morgan fingerprint density at radius 3 is 2.86 bits per heavy atom. The number of hydrogen-bond acceptors (Lipinski definition) is 4. The summed E-state index contributed by atoms with van der Waals surface area (Å²) in [6.07, 6.45) is 2.03. The van der Waals surface area contributed by atoms with Crippen LogP contribution in [-0.4, -0.2) is 43.2 Å². The molecule has 0 atom stereocenters. The third-order valence-corrected chi connectivity index (χ3v) is 3.78. The Morgan fingerprint density at radius 1 is 1.23 bits per heavy atom. The average molecular weight is 300 g/mol. The molecule has 0 spiro atoms. The monoisotopic (exact) mass is 300 g/mol. The number of hydrogen-bond donors (Lipinski definition) is 1. The number of carbonyl (C=O) groups is 2. The molecule has 0 unspecified atom stereocenters. The maximum absolute atomic E-state index is 12.7. The molecular weight excluding hydrogens is 284 g/mol. The van der Waals surface area contributed by atoms with Crippen LogP contribution in [0.5, 0.6) is 0 Å². The molecule has 2 aromatic rings. The number of aliphatic carboxylic acids is 1. The van der Waals surface area contributed by atoms with Gasteiger partial charge in [0.2, 0.25) is 0 Å². The van der Waals surface area contributed by atoms with Gasteiger partial charge in [0, 0.05) is 25.1 Å². The molecule has 3 rings (SSSR count). The van der Waals surface area contributed by atoms with Gasteiger partial charge in [-0.1, -0.05) is 18.2 Å². The third-order valence-electron chi connectivity index (χ3n) is 3.78. The van der Waals surface area contributed by atoms with E-state index in [9.17, 15) is 9.59 Å². The molecule has 7 nitrogen and oxygen atoms in total. The van der Waals surface area contributed by atoms with E-state index in [-0.39, 0.29) is 12.3 Å². The highest BCUT2D eigenvalue weighted by atomic mass is 16.4. The molecule has 1 aromatic carbocycles. The van der Waals surface area contributed by atoms with E-state index in [1.807, 2.05) is 16.7 Å². The van der Waals surface area contributed by atoms with E-state index in [4.69, 9.17) is 5.11 Å². The first-order chi connectivity index (χ1) is 10.6. The minimum Gasteiger partial charge on any atom is -0.481 e. The molecule has 0 bridgehead atoms. The number of aryl methyl sites for hydroxylation is 1. The summed E-state index contributed by atoms with van der Waals surface area (Å²) < 4.78 is 1.93. The molecule has 0 fully saturated rings. The molecule has 1 aromatic heterocycles. The van der Waals surface area contributed by atoms with Crippen molar-refractivity contribution < 1.29 is 14.7 Å². The van der Waals surface area contributed by atoms with E-state index in [1.54, 1.807) is 23.4 Å². The first-order valence-electron chi connectivity index (χ1n) is 7.11. The molecule has 1 aliphatic rings. The van der Waals surface area contributed by atoms with Crippen LogP contribution in [0.3, 0.4) is 0 Å². The number of benzene rings is 1. The second-order valence-corrected chi connectivity index (χ2v) is 5.22. The van der Waals surface area contributed by atoms with Crippen LogP contribution in [0.4, 0.5) is 0 Å². The van der Waals surface area contributed by atoms with Crippen LogP contribution in [0.2, 0.25) is 0 Å². The van der Waals surface area contributed by atoms with Crippen molar-refractivity contribution in [1.82, 2.24) is 19.7 Å². The fourth-order valence-electron chi connectivity index (χ4n) is 2.60. The summed E-state index contributed by atoms with van der Waals surface area (Å²) in [4.78, 5) is 25.2. The molecule has 1 amide bonds. The third kappa shape index (κ3) is 2.83. The SMILES string of the molecule is O=C(O)CCc1ccccc1C(=O)N1CCn2cnnc2C1. The number of amides is 1. The molecule has 0 saturated carbocycles. The topological polar surface area (TPSA) is 88.3 Å². The number of carbonyl (C=O) groups excluding carboxylic acids is 1. The van der Waals surface area contributed by atoms with E-state index in [1.165, 1.54) is 0 Å². The summed E-state index contributed by atoms with van der Waals surface area (Å²) in [5, 5.41) is 16.7. The van der Waals surface area contributed by atoms with Crippen molar-refractivity contribution >= 4 is 11.9 Å². The lowest BCUT2D eigenvalue weighted by molar-refractivity contribution is -0.136. The minimum absolute atomic E-state index is 0.0125. The van der Waals surface area contributed by atoms with Gasteiger partial charge in [-0.25, -0.2) is 0 Å². The largest absolute Gasteiger partial charge is 0.481 e. The van der Waals surface area contributed by atoms with Crippen LogP contribution in [-0.2, 0) is 24.3 Å². The highest BCUT2D eigenvalue weighted by Gasteiger charge is 2.24. The summed E-state index contributed by atoms with van der Waals surface area (Å²) in [6, 6.07) is 7.17. The van der Waals surface area contributed by atoms with Crippen molar-refractivity contribution in [3.63, 3.8) is 0 Å². The van der Waals surface area contributed by atoms with Crippen molar-refractivity contribution in [3.05, 3.63) is 47.5 Å². The van der Waals surface area contributed by atoms with Crippen molar-refractivity contribution in [2.75, 3.05) is 6.54 Å². The van der Waals surface area contributed by atoms with Crippen LogP contribution >= 0.6 is 0 Å². The van der Waals surface area contributed by atoms with Gasteiger partial charge in [0.1, 0.15) is 6.33 Å².